The molecule has 0 radical (unpaired) electrons. The zero-order valence-electron chi connectivity index (χ0n) is 4.80. The molecule has 0 bridgehead atoms. The Morgan fingerprint density at radius 1 is 1.00 bits per heavy atom. The number of hydrogen-bond acceptors (Lipinski definition) is 1. The molecule has 0 aromatic rings. The van der Waals surface area contributed by atoms with E-state index in [2.05, 4.69) is 45.8 Å². The summed E-state index contributed by atoms with van der Waals surface area (Å²) in [5, 5.41) is 0. The Labute approximate surface area is 65.7 Å². The molecule has 0 saturated carbocycles. The van der Waals surface area contributed by atoms with E-state index < -0.39 is 0 Å². The van der Waals surface area contributed by atoms with Crippen molar-refractivity contribution in [2.24, 2.45) is 0 Å². The van der Waals surface area contributed by atoms with Gasteiger partial charge in [-0.2, -0.15) is 13.8 Å². The minimum Gasteiger partial charge on any atom is -0.346 e. The van der Waals surface area contributed by atoms with Gasteiger partial charge in [-0.15, -0.1) is 0 Å². The van der Waals surface area contributed by atoms with E-state index >= 15 is 0 Å². The third-order valence-electron chi connectivity index (χ3n) is 0. The van der Waals surface area contributed by atoms with Crippen molar-refractivity contribution < 1.29 is 18.9 Å². The third kappa shape index (κ3) is 138. The maximum Gasteiger partial charge on any atom is -0.194 e. The van der Waals surface area contributed by atoms with Crippen LogP contribution in [0.3, 0.4) is 0 Å². The molecule has 0 atom stereocenters. The van der Waals surface area contributed by atoms with Crippen LogP contribution >= 0.6 is 13.0 Å². The molecule has 0 aliphatic carbocycles. The van der Waals surface area contributed by atoms with Crippen LogP contribution in [0.5, 0.6) is 0 Å². The topological polar surface area (TPSA) is 35.0 Å². The van der Waals surface area contributed by atoms with Crippen LogP contribution < -0.4 is 6.15 Å². The second-order valence-corrected chi connectivity index (χ2v) is 0. The van der Waals surface area contributed by atoms with Crippen molar-refractivity contribution in [2.75, 3.05) is 0 Å². The van der Waals surface area contributed by atoms with Crippen molar-refractivity contribution in [1.29, 1.82) is 0 Å². The Balaban J connectivity index is -0.00000000900. The van der Waals surface area contributed by atoms with E-state index in [9.17, 15) is 0 Å². The van der Waals surface area contributed by atoms with Gasteiger partial charge in [0.25, 0.3) is 0 Å². The first-order valence-corrected chi connectivity index (χ1v) is 6.26. The molecule has 0 heterocycles. The number of hydrogen-bond donors (Lipinski definition) is 1. The molecule has 0 amide bonds. The molecular weight excluding hydrogens is 339 g/mol. The quantitative estimate of drug-likeness (QED) is 0.528. The van der Waals surface area contributed by atoms with E-state index in [0.717, 1.165) is 0 Å². The maximum atomic E-state index is 3.25. The van der Waals surface area contributed by atoms with E-state index in [1.165, 1.54) is 0 Å². The van der Waals surface area contributed by atoms with Gasteiger partial charge in [-0.05, 0) is 0 Å². The molecule has 3 N–H and O–H groups in total. The van der Waals surface area contributed by atoms with Crippen LogP contribution in [0.25, 0.3) is 0 Å². The van der Waals surface area contributed by atoms with Gasteiger partial charge in [0.1, 0.15) is 0 Å². The summed E-state index contributed by atoms with van der Waals surface area (Å²) >= 11 is 4.97. The second-order valence-electron chi connectivity index (χ2n) is 0. The summed E-state index contributed by atoms with van der Waals surface area (Å²) in [4.78, 5) is 0. The zero-order valence-corrected chi connectivity index (χ0v) is 8.55. The Morgan fingerprint density at radius 3 is 1.00 bits per heavy atom. The van der Waals surface area contributed by atoms with Gasteiger partial charge in [0.05, 0.1) is 0 Å². The molecule has 1 nitrogen and oxygen atoms in total. The Hall–Kier alpha value is 1.18. The monoisotopic (exact) mass is 351 g/mol. The Kier molecular flexibility index (Phi) is 679. The van der Waals surface area contributed by atoms with Gasteiger partial charge >= 0.3 is 32.0 Å². The summed E-state index contributed by atoms with van der Waals surface area (Å²) in [7, 11) is 0. The first-order valence-electron chi connectivity index (χ1n) is 1.53. The van der Waals surface area contributed by atoms with Gasteiger partial charge < -0.3 is 20.0 Å². The number of rotatable bonds is 0. The van der Waals surface area contributed by atoms with E-state index in [1.807, 2.05) is 0 Å². The van der Waals surface area contributed by atoms with Gasteiger partial charge in [-0.25, -0.2) is 0 Å². The van der Waals surface area contributed by atoms with Crippen molar-refractivity contribution in [3.8, 4) is 0 Å². The van der Waals surface area contributed by atoms with Crippen molar-refractivity contribution in [3.63, 3.8) is 0 Å². The van der Waals surface area contributed by atoms with E-state index in [1.54, 1.807) is 13.8 Å². The molecule has 0 rings (SSSR count). The van der Waals surface area contributed by atoms with Gasteiger partial charge in [-0.3, -0.25) is 0 Å². The van der Waals surface area contributed by atoms with Gasteiger partial charge in [0.15, 0.2) is 0 Å². The summed E-state index contributed by atoms with van der Waals surface area (Å²) < 4.78 is 0. The Bertz CT molecular complexity index is 11.7. The summed E-state index contributed by atoms with van der Waals surface area (Å²) in [6.07, 6.45) is 0. The molecule has 0 fully saturated rings. The summed E-state index contributed by atoms with van der Waals surface area (Å²) in [5.41, 5.74) is 0. The largest absolute Gasteiger partial charge is 0.346 e. The molecule has 7 heavy (non-hydrogen) atoms. The van der Waals surface area contributed by atoms with Crippen molar-refractivity contribution in [2.45, 2.75) is 13.8 Å². The predicted octanol–water partition coefficient (Wildman–Crippen LogP) is 2.69. The van der Waals surface area contributed by atoms with Crippen molar-refractivity contribution in [3.05, 3.63) is 13.8 Å². The molecule has 0 saturated heterocycles. The van der Waals surface area contributed by atoms with Gasteiger partial charge in [-0.1, -0.05) is 0 Å². The van der Waals surface area contributed by atoms with Crippen LogP contribution in [0.15, 0.2) is 0 Å². The zero-order chi connectivity index (χ0) is 6.00. The fraction of sp³-hybridized carbons (Fsp3) is 0.500. The first kappa shape index (κ1) is 24.1. The minimum absolute atomic E-state index is 0. The van der Waals surface area contributed by atoms with Crippen molar-refractivity contribution in [1.82, 2.24) is 6.15 Å². The molecular formula is C4H13AuBrN-2. The maximum absolute atomic E-state index is 3.25. The second kappa shape index (κ2) is 197. The minimum atomic E-state index is 0. The molecule has 0 spiro atoms. The fourth-order valence-electron chi connectivity index (χ4n) is 0. The normalized spacial score (nSPS) is 2.71. The molecule has 0 aromatic carbocycles. The average Bonchev–Trinajstić information content (AvgIpc) is 1.81. The predicted molar refractivity (Wildman–Crippen MR) is 36.0 cm³/mol. The SMILES string of the molecule is N.[Br][Au].[CH2-]C.[CH2-]C. The summed E-state index contributed by atoms with van der Waals surface area (Å²) in [6.45, 7) is 10.0. The average molecular weight is 352 g/mol. The molecule has 54 valence electrons. The third-order valence-corrected chi connectivity index (χ3v) is 0. The van der Waals surface area contributed by atoms with Crippen LogP contribution in [0.4, 0.5) is 0 Å². The van der Waals surface area contributed by atoms with E-state index in [4.69, 9.17) is 0 Å². The van der Waals surface area contributed by atoms with Crippen LogP contribution in [0.1, 0.15) is 13.8 Å². The van der Waals surface area contributed by atoms with Crippen LogP contribution in [-0.4, -0.2) is 0 Å². The molecule has 3 heteroatoms. The smallest absolute Gasteiger partial charge is 0.194 e. The fourth-order valence-corrected chi connectivity index (χ4v) is 0. The van der Waals surface area contributed by atoms with Crippen LogP contribution in [0.2, 0.25) is 0 Å². The summed E-state index contributed by atoms with van der Waals surface area (Å²) in [6, 6.07) is 0. The van der Waals surface area contributed by atoms with E-state index in [0.29, 0.717) is 0 Å². The Morgan fingerprint density at radius 2 is 1.00 bits per heavy atom. The van der Waals surface area contributed by atoms with Gasteiger partial charge in [0.2, 0.25) is 0 Å². The molecule has 0 aliphatic rings. The molecule has 0 aliphatic heterocycles. The molecule has 0 aromatic heterocycles. The standard InChI is InChI=1S/2C2H5.Au.BrH.H3N/c2*1-2;;;/h2*1H2,2H3;;1H;1H3/q2*-1;+1;;/p-1. The first-order chi connectivity index (χ1) is 3.00. The van der Waals surface area contributed by atoms with E-state index in [-0.39, 0.29) is 6.15 Å². The van der Waals surface area contributed by atoms with Crippen LogP contribution in [-0.2, 0) is 18.9 Å². The molecule has 0 unspecified atom stereocenters. The number of halogens is 1. The summed E-state index contributed by atoms with van der Waals surface area (Å²) in [5.74, 6) is 0. The van der Waals surface area contributed by atoms with Crippen LogP contribution in [0, 0.1) is 13.8 Å². The van der Waals surface area contributed by atoms with Gasteiger partial charge in [0, 0.05) is 0 Å². The van der Waals surface area contributed by atoms with Crippen molar-refractivity contribution >= 4 is 13.0 Å².